The van der Waals surface area contributed by atoms with E-state index >= 15 is 0 Å². The van der Waals surface area contributed by atoms with Crippen LogP contribution in [0, 0.1) is 0 Å². The normalized spacial score (nSPS) is 18.1. The van der Waals surface area contributed by atoms with Crippen LogP contribution in [0.5, 0.6) is 0 Å². The first-order valence-electron chi connectivity index (χ1n) is 8.65. The molecule has 0 aromatic heterocycles. The van der Waals surface area contributed by atoms with E-state index in [0.29, 0.717) is 0 Å². The molecule has 0 unspecified atom stereocenters. The van der Waals surface area contributed by atoms with Crippen LogP contribution in [0.3, 0.4) is 0 Å². The van der Waals surface area contributed by atoms with E-state index in [1.165, 1.54) is 55.6 Å². The van der Waals surface area contributed by atoms with Gasteiger partial charge in [0.25, 0.3) is 0 Å². The molecule has 0 atom stereocenters. The van der Waals surface area contributed by atoms with Crippen LogP contribution < -0.4 is 0 Å². The molecule has 1 aliphatic rings. The summed E-state index contributed by atoms with van der Waals surface area (Å²) in [4.78, 5) is 0. The van der Waals surface area contributed by atoms with Gasteiger partial charge in [-0.25, -0.2) is 0 Å². The third-order valence-electron chi connectivity index (χ3n) is 4.55. The van der Waals surface area contributed by atoms with Gasteiger partial charge in [0.2, 0.25) is 0 Å². The molecule has 1 saturated heterocycles. The van der Waals surface area contributed by atoms with E-state index in [9.17, 15) is 0 Å². The molecular formula is C18H34SSn. The molecule has 20 heavy (non-hydrogen) atoms. The maximum absolute atomic E-state index is 4.31. The number of hydrogen-bond acceptors (Lipinski definition) is 1. The summed E-state index contributed by atoms with van der Waals surface area (Å²) in [6.07, 6.45) is 8.51. The van der Waals surface area contributed by atoms with Crippen LogP contribution >= 0.6 is 11.8 Å². The third-order valence-corrected chi connectivity index (χ3v) is 19.9. The van der Waals surface area contributed by atoms with Crippen molar-refractivity contribution in [1.82, 2.24) is 0 Å². The van der Waals surface area contributed by atoms with Gasteiger partial charge in [-0.3, -0.25) is 0 Å². The average Bonchev–Trinajstić information content (AvgIpc) is 2.85. The molecule has 1 aliphatic heterocycles. The molecule has 1 fully saturated rings. The van der Waals surface area contributed by atoms with E-state index in [1.807, 2.05) is 0 Å². The molecule has 0 bridgehead atoms. The van der Waals surface area contributed by atoms with Gasteiger partial charge < -0.3 is 0 Å². The van der Waals surface area contributed by atoms with Crippen molar-refractivity contribution in [2.45, 2.75) is 72.6 Å². The minimum absolute atomic E-state index is 1.18. The van der Waals surface area contributed by atoms with E-state index < -0.39 is 18.4 Å². The molecule has 0 saturated carbocycles. The zero-order chi connectivity index (χ0) is 14.8. The fourth-order valence-electron chi connectivity index (χ4n) is 3.17. The maximum atomic E-state index is 4.31. The van der Waals surface area contributed by atoms with Crippen LogP contribution in [-0.2, 0) is 0 Å². The molecule has 0 N–H and O–H groups in total. The topological polar surface area (TPSA) is 0 Å². The van der Waals surface area contributed by atoms with E-state index in [0.717, 1.165) is 0 Å². The monoisotopic (exact) mass is 402 g/mol. The summed E-state index contributed by atoms with van der Waals surface area (Å²) in [5.41, 5.74) is 3.11. The number of hydrogen-bond donors (Lipinski definition) is 0. The first kappa shape index (κ1) is 18.7. The Bertz CT molecular complexity index is 298. The Balaban J connectivity index is 2.89. The molecule has 116 valence electrons. The fraction of sp³-hybridized carbons (Fsp3) is 0.778. The Hall–Kier alpha value is 0.629. The second-order valence-corrected chi connectivity index (χ2v) is 20.3. The summed E-state index contributed by atoms with van der Waals surface area (Å²) >= 11 is 0.0143. The number of thioether (sulfide) groups is 1. The predicted molar refractivity (Wildman–Crippen MR) is 99.4 cm³/mol. The molecule has 1 heterocycles. The second-order valence-electron chi connectivity index (χ2n) is 6.44. The van der Waals surface area contributed by atoms with Gasteiger partial charge in [-0.15, -0.1) is 0 Å². The minimum atomic E-state index is -2.05. The van der Waals surface area contributed by atoms with Gasteiger partial charge in [-0.1, -0.05) is 0 Å². The van der Waals surface area contributed by atoms with Crippen LogP contribution in [0.25, 0.3) is 0 Å². The summed E-state index contributed by atoms with van der Waals surface area (Å²) in [6.45, 7) is 11.4. The summed E-state index contributed by atoms with van der Waals surface area (Å²) in [6, 6.07) is 0. The van der Waals surface area contributed by atoms with Crippen molar-refractivity contribution in [2.24, 2.45) is 0 Å². The molecule has 0 aromatic carbocycles. The molecule has 2 heteroatoms. The van der Waals surface area contributed by atoms with Crippen LogP contribution in [0.1, 0.15) is 59.3 Å². The van der Waals surface area contributed by atoms with Crippen molar-refractivity contribution in [3.8, 4) is 0 Å². The van der Waals surface area contributed by atoms with Gasteiger partial charge in [0, 0.05) is 0 Å². The van der Waals surface area contributed by atoms with Crippen molar-refractivity contribution in [2.75, 3.05) is 11.5 Å². The van der Waals surface area contributed by atoms with E-state index in [1.54, 1.807) is 18.9 Å². The quantitative estimate of drug-likeness (QED) is 0.372. The molecule has 1 rings (SSSR count). The Labute approximate surface area is 135 Å². The van der Waals surface area contributed by atoms with Crippen molar-refractivity contribution >= 4 is 30.1 Å². The molecule has 0 spiro atoms. The van der Waals surface area contributed by atoms with Gasteiger partial charge in [0.15, 0.2) is 0 Å². The standard InChI is InChI=1S/C6H7S.3C4H9.Sn/c1-5-3-7-4-6(5)2;3*1-3-4-2;/h1H,2-4H2;3*1,3-4H2,2H3;. The average molecular weight is 401 g/mol. The van der Waals surface area contributed by atoms with Gasteiger partial charge in [0.1, 0.15) is 0 Å². The van der Waals surface area contributed by atoms with E-state index in [-0.39, 0.29) is 0 Å². The molecule has 0 nitrogen and oxygen atoms in total. The Morgan fingerprint density at radius 1 is 0.950 bits per heavy atom. The first-order chi connectivity index (χ1) is 9.67. The van der Waals surface area contributed by atoms with Crippen LogP contribution in [0.15, 0.2) is 21.8 Å². The van der Waals surface area contributed by atoms with E-state index in [2.05, 4.69) is 43.2 Å². The first-order valence-corrected chi connectivity index (χ1v) is 17.5. The summed E-state index contributed by atoms with van der Waals surface area (Å²) < 4.78 is 7.64. The summed E-state index contributed by atoms with van der Waals surface area (Å²) in [7, 11) is 0. The Morgan fingerprint density at radius 3 is 1.80 bits per heavy atom. The van der Waals surface area contributed by atoms with Crippen molar-refractivity contribution in [1.29, 1.82) is 0 Å². The predicted octanol–water partition coefficient (Wildman–Crippen LogP) is 6.60. The van der Waals surface area contributed by atoms with Crippen molar-refractivity contribution in [3.05, 3.63) is 21.8 Å². The number of unbranched alkanes of at least 4 members (excludes halogenated alkanes) is 3. The molecule has 0 radical (unpaired) electrons. The Morgan fingerprint density at radius 2 is 1.45 bits per heavy atom. The Kier molecular flexibility index (Phi) is 9.68. The number of rotatable bonds is 10. The summed E-state index contributed by atoms with van der Waals surface area (Å²) in [5, 5.41) is 0. The zero-order valence-corrected chi connectivity index (χ0v) is 17.6. The van der Waals surface area contributed by atoms with Crippen molar-refractivity contribution in [3.63, 3.8) is 0 Å². The van der Waals surface area contributed by atoms with Gasteiger partial charge in [0.05, 0.1) is 0 Å². The third kappa shape index (κ3) is 6.17. The SMILES string of the molecule is C=C1CSC/C1=[CH]/[Sn]([CH2]CCC)([CH2]CCC)[CH2]CCC. The van der Waals surface area contributed by atoms with Gasteiger partial charge in [-0.2, -0.15) is 0 Å². The molecule has 0 amide bonds. The van der Waals surface area contributed by atoms with Crippen molar-refractivity contribution < 1.29 is 0 Å². The van der Waals surface area contributed by atoms with Gasteiger partial charge in [-0.05, 0) is 0 Å². The molecular weight excluding hydrogens is 367 g/mol. The van der Waals surface area contributed by atoms with Crippen LogP contribution in [0.2, 0.25) is 13.3 Å². The molecule has 0 aromatic rings. The second kappa shape index (κ2) is 10.4. The zero-order valence-electron chi connectivity index (χ0n) is 14.0. The summed E-state index contributed by atoms with van der Waals surface area (Å²) in [5.74, 6) is 2.44. The molecule has 0 aliphatic carbocycles. The van der Waals surface area contributed by atoms with E-state index in [4.69, 9.17) is 0 Å². The van der Waals surface area contributed by atoms with Gasteiger partial charge >= 0.3 is 136 Å². The fourth-order valence-corrected chi connectivity index (χ4v) is 20.0. The van der Waals surface area contributed by atoms with Crippen LogP contribution in [0.4, 0.5) is 0 Å². The van der Waals surface area contributed by atoms with Crippen LogP contribution in [-0.4, -0.2) is 29.9 Å².